The Balaban J connectivity index is 4.02. The average Bonchev–Trinajstić information content (AvgIpc) is 1.98. The Kier molecular flexibility index (Phi) is 5.03. The van der Waals surface area contributed by atoms with Gasteiger partial charge in [-0.1, -0.05) is 20.4 Å². The molecule has 0 amide bonds. The third-order valence-corrected chi connectivity index (χ3v) is 2.76. The van der Waals surface area contributed by atoms with Crippen molar-refractivity contribution in [2.75, 3.05) is 5.75 Å². The van der Waals surface area contributed by atoms with Gasteiger partial charge in [-0.15, -0.1) is 0 Å². The zero-order chi connectivity index (χ0) is 8.85. The van der Waals surface area contributed by atoms with Gasteiger partial charge in [-0.25, -0.2) is 4.79 Å². The molecule has 0 aliphatic heterocycles. The van der Waals surface area contributed by atoms with E-state index in [4.69, 9.17) is 5.11 Å². The molecule has 64 valence electrons. The molecule has 3 heteroatoms. The molecule has 0 radical (unpaired) electrons. The first-order valence-corrected chi connectivity index (χ1v) is 4.72. The maximum atomic E-state index is 10.5. The second-order valence-corrected chi connectivity index (χ2v) is 3.66. The fraction of sp³-hybridized carbons (Fsp3) is 0.625. The van der Waals surface area contributed by atoms with Crippen molar-refractivity contribution in [1.29, 1.82) is 0 Å². The lowest BCUT2D eigenvalue weighted by molar-refractivity contribution is -0.132. The fourth-order valence-electron chi connectivity index (χ4n) is 0.804. The van der Waals surface area contributed by atoms with Gasteiger partial charge in [-0.3, -0.25) is 0 Å². The van der Waals surface area contributed by atoms with E-state index >= 15 is 0 Å². The summed E-state index contributed by atoms with van der Waals surface area (Å²) in [7, 11) is 0. The highest BCUT2D eigenvalue weighted by Gasteiger charge is 2.15. The summed E-state index contributed by atoms with van der Waals surface area (Å²) in [6.45, 7) is 7.51. The minimum atomic E-state index is -0.877. The maximum absolute atomic E-state index is 10.5. The highest BCUT2D eigenvalue weighted by atomic mass is 32.2. The normalized spacial score (nSPS) is 12.5. The van der Waals surface area contributed by atoms with Gasteiger partial charge < -0.3 is 5.11 Å². The summed E-state index contributed by atoms with van der Waals surface area (Å²) in [5.41, 5.74) is 0.319. The molecule has 2 nitrogen and oxygen atoms in total. The monoisotopic (exact) mass is 174 g/mol. The van der Waals surface area contributed by atoms with Crippen LogP contribution in [0.25, 0.3) is 0 Å². The van der Waals surface area contributed by atoms with E-state index in [9.17, 15) is 4.79 Å². The number of hydrogen-bond donors (Lipinski definition) is 1. The van der Waals surface area contributed by atoms with Crippen molar-refractivity contribution >= 4 is 17.7 Å². The van der Waals surface area contributed by atoms with E-state index in [-0.39, 0.29) is 5.25 Å². The Hall–Kier alpha value is -0.440. The topological polar surface area (TPSA) is 37.3 Å². The predicted octanol–water partition coefficient (Wildman–Crippen LogP) is 2.16. The molecule has 0 aliphatic rings. The minimum Gasteiger partial charge on any atom is -0.478 e. The summed E-state index contributed by atoms with van der Waals surface area (Å²) >= 11 is 1.63. The number of carboxylic acids is 1. The Morgan fingerprint density at radius 2 is 2.18 bits per heavy atom. The Morgan fingerprint density at radius 3 is 2.45 bits per heavy atom. The molecular weight excluding hydrogens is 160 g/mol. The van der Waals surface area contributed by atoms with E-state index in [0.717, 1.165) is 12.2 Å². The number of carboxylic acid groups (broad SMARTS) is 1. The second kappa shape index (κ2) is 5.24. The molecule has 0 bridgehead atoms. The smallest absolute Gasteiger partial charge is 0.332 e. The molecule has 0 saturated carbocycles. The van der Waals surface area contributed by atoms with Gasteiger partial charge in [0.05, 0.1) is 0 Å². The lowest BCUT2D eigenvalue weighted by Gasteiger charge is -2.12. The quantitative estimate of drug-likeness (QED) is 0.649. The van der Waals surface area contributed by atoms with Crippen molar-refractivity contribution < 1.29 is 9.90 Å². The molecule has 1 unspecified atom stereocenters. The van der Waals surface area contributed by atoms with E-state index < -0.39 is 5.97 Å². The highest BCUT2D eigenvalue weighted by Crippen LogP contribution is 2.20. The van der Waals surface area contributed by atoms with E-state index in [2.05, 4.69) is 6.58 Å². The molecule has 1 atom stereocenters. The zero-order valence-corrected chi connectivity index (χ0v) is 7.78. The molecular formula is C8H14O2S. The van der Waals surface area contributed by atoms with Crippen LogP contribution in [0.5, 0.6) is 0 Å². The first kappa shape index (κ1) is 10.6. The summed E-state index contributed by atoms with van der Waals surface area (Å²) < 4.78 is 0. The van der Waals surface area contributed by atoms with Gasteiger partial charge in [-0.2, -0.15) is 11.8 Å². The standard InChI is InChI=1S/C8H14O2S/c1-4-7(11-5-2)6(3)8(9)10/h7H,3-5H2,1-2H3,(H,9,10). The van der Waals surface area contributed by atoms with E-state index in [0.29, 0.717) is 5.57 Å². The van der Waals surface area contributed by atoms with Crippen molar-refractivity contribution in [1.82, 2.24) is 0 Å². The molecule has 11 heavy (non-hydrogen) atoms. The zero-order valence-electron chi connectivity index (χ0n) is 6.96. The minimum absolute atomic E-state index is 0.0810. The number of rotatable bonds is 5. The van der Waals surface area contributed by atoms with Crippen molar-refractivity contribution in [2.45, 2.75) is 25.5 Å². The van der Waals surface area contributed by atoms with Crippen molar-refractivity contribution in [3.8, 4) is 0 Å². The van der Waals surface area contributed by atoms with Crippen LogP contribution in [-0.4, -0.2) is 22.1 Å². The van der Waals surface area contributed by atoms with Crippen LogP contribution in [0.2, 0.25) is 0 Å². The van der Waals surface area contributed by atoms with Gasteiger partial charge in [0.1, 0.15) is 0 Å². The molecule has 0 fully saturated rings. The summed E-state index contributed by atoms with van der Waals surface area (Å²) in [5.74, 6) is 0.0583. The first-order chi connectivity index (χ1) is 5.13. The van der Waals surface area contributed by atoms with Gasteiger partial charge in [0.15, 0.2) is 0 Å². The van der Waals surface area contributed by atoms with E-state index in [1.165, 1.54) is 0 Å². The van der Waals surface area contributed by atoms with Gasteiger partial charge in [0.25, 0.3) is 0 Å². The number of carbonyl (C=O) groups is 1. The largest absolute Gasteiger partial charge is 0.478 e. The van der Waals surface area contributed by atoms with Crippen LogP contribution >= 0.6 is 11.8 Å². The molecule has 0 rings (SSSR count). The number of thioether (sulfide) groups is 1. The Labute approximate surface area is 71.7 Å². The number of aliphatic carboxylic acids is 1. The summed E-state index contributed by atoms with van der Waals surface area (Å²) in [6.07, 6.45) is 0.837. The van der Waals surface area contributed by atoms with E-state index in [1.54, 1.807) is 11.8 Å². The number of hydrogen-bond acceptors (Lipinski definition) is 2. The van der Waals surface area contributed by atoms with Crippen molar-refractivity contribution in [3.05, 3.63) is 12.2 Å². The van der Waals surface area contributed by atoms with Crippen molar-refractivity contribution in [2.24, 2.45) is 0 Å². The second-order valence-electron chi connectivity index (χ2n) is 2.18. The molecule has 0 aliphatic carbocycles. The summed E-state index contributed by atoms with van der Waals surface area (Å²) in [5, 5.41) is 8.68. The van der Waals surface area contributed by atoms with Crippen LogP contribution < -0.4 is 0 Å². The van der Waals surface area contributed by atoms with Crippen LogP contribution in [0.4, 0.5) is 0 Å². The lowest BCUT2D eigenvalue weighted by Crippen LogP contribution is -2.13. The third-order valence-electron chi connectivity index (χ3n) is 1.40. The molecule has 0 spiro atoms. The summed E-state index contributed by atoms with van der Waals surface area (Å²) in [6, 6.07) is 0. The predicted molar refractivity (Wildman–Crippen MR) is 49.0 cm³/mol. The fourth-order valence-corrected chi connectivity index (χ4v) is 1.74. The first-order valence-electron chi connectivity index (χ1n) is 3.67. The van der Waals surface area contributed by atoms with Crippen LogP contribution in [0, 0.1) is 0 Å². The van der Waals surface area contributed by atoms with Crippen LogP contribution in [-0.2, 0) is 4.79 Å². The SMILES string of the molecule is C=C(C(=O)O)C(CC)SCC. The molecule has 0 heterocycles. The van der Waals surface area contributed by atoms with Crippen LogP contribution in [0.3, 0.4) is 0 Å². The van der Waals surface area contributed by atoms with Gasteiger partial charge >= 0.3 is 5.97 Å². The van der Waals surface area contributed by atoms with Gasteiger partial charge in [0.2, 0.25) is 0 Å². The molecule has 0 aromatic rings. The van der Waals surface area contributed by atoms with E-state index in [1.807, 2.05) is 13.8 Å². The Bertz CT molecular complexity index is 154. The average molecular weight is 174 g/mol. The summed E-state index contributed by atoms with van der Waals surface area (Å²) in [4.78, 5) is 10.5. The maximum Gasteiger partial charge on any atom is 0.332 e. The third kappa shape index (κ3) is 3.46. The van der Waals surface area contributed by atoms with Gasteiger partial charge in [-0.05, 0) is 12.2 Å². The van der Waals surface area contributed by atoms with Crippen molar-refractivity contribution in [3.63, 3.8) is 0 Å². The molecule has 1 N–H and O–H groups in total. The lowest BCUT2D eigenvalue weighted by atomic mass is 10.2. The highest BCUT2D eigenvalue weighted by molar-refractivity contribution is 8.00. The Morgan fingerprint density at radius 1 is 1.64 bits per heavy atom. The van der Waals surface area contributed by atoms with Crippen LogP contribution in [0.1, 0.15) is 20.3 Å². The molecule has 0 saturated heterocycles. The van der Waals surface area contributed by atoms with Crippen LogP contribution in [0.15, 0.2) is 12.2 Å². The molecule has 0 aromatic heterocycles. The van der Waals surface area contributed by atoms with Gasteiger partial charge in [0, 0.05) is 10.8 Å². The molecule has 0 aromatic carbocycles.